The summed E-state index contributed by atoms with van der Waals surface area (Å²) in [5, 5.41) is 15.8. The smallest absolute Gasteiger partial charge is 0.408 e. The average Bonchev–Trinajstić information content (AvgIpc) is 2.34. The van der Waals surface area contributed by atoms with Crippen LogP contribution in [0.25, 0.3) is 0 Å². The molecule has 0 radical (unpaired) electrons. The van der Waals surface area contributed by atoms with Gasteiger partial charge in [0.25, 0.3) is 0 Å². The van der Waals surface area contributed by atoms with Gasteiger partial charge in [-0.1, -0.05) is 30.3 Å². The number of carboxylic acids is 1. The van der Waals surface area contributed by atoms with E-state index in [1.54, 1.807) is 20.8 Å². The largest absolute Gasteiger partial charge is 0.480 e. The van der Waals surface area contributed by atoms with Crippen molar-refractivity contribution in [3.63, 3.8) is 0 Å². The van der Waals surface area contributed by atoms with E-state index in [9.17, 15) is 18.0 Å². The number of carbonyl (C=O) groups is 2. The van der Waals surface area contributed by atoms with Crippen LogP contribution in [0, 0.1) is 0 Å². The Balaban J connectivity index is 0.000000922. The number of alkyl carbamates (subject to hydrolysis) is 1. The van der Waals surface area contributed by atoms with Crippen molar-refractivity contribution in [2.45, 2.75) is 38.8 Å². The lowest BCUT2D eigenvalue weighted by atomic mass is 10.1. The van der Waals surface area contributed by atoms with Gasteiger partial charge in [-0.25, -0.2) is 23.1 Å². The highest BCUT2D eigenvalue weighted by atomic mass is 32.2. The second-order valence-corrected chi connectivity index (χ2v) is 7.72. The Morgan fingerprint density at radius 1 is 1.25 bits per heavy atom. The molecule has 0 saturated carbocycles. The molecule has 1 amide bonds. The van der Waals surface area contributed by atoms with Crippen LogP contribution in [0.3, 0.4) is 0 Å². The third-order valence-corrected chi connectivity index (χ3v) is 2.27. The lowest BCUT2D eigenvalue weighted by Crippen LogP contribution is -2.44. The fraction of sp³-hybridized carbons (Fsp3) is 0.467. The summed E-state index contributed by atoms with van der Waals surface area (Å²) >= 11 is 0. The maximum absolute atomic E-state index is 11.6. The number of amides is 1. The lowest BCUT2D eigenvalue weighted by molar-refractivity contribution is -0.139. The molecular formula is C15H24N2O6S. The van der Waals surface area contributed by atoms with Gasteiger partial charge in [-0.3, -0.25) is 0 Å². The Morgan fingerprint density at radius 3 is 2.08 bits per heavy atom. The molecule has 0 aromatic heterocycles. The first-order valence-corrected chi connectivity index (χ1v) is 8.97. The number of hydrogen-bond donors (Lipinski definition) is 3. The Labute approximate surface area is 142 Å². The van der Waals surface area contributed by atoms with E-state index < -0.39 is 33.7 Å². The Bertz CT molecular complexity index is 630. The van der Waals surface area contributed by atoms with Gasteiger partial charge in [0.1, 0.15) is 11.6 Å². The number of hydrogen-bond acceptors (Lipinski definition) is 5. The van der Waals surface area contributed by atoms with Crippen molar-refractivity contribution >= 4 is 22.1 Å². The SMILES string of the molecule is CC(C)(C)OC(=O)N[C@H](Cc1ccccc1)C(=O)O.CS(N)(=O)=O. The molecule has 24 heavy (non-hydrogen) atoms. The van der Waals surface area contributed by atoms with E-state index >= 15 is 0 Å². The van der Waals surface area contributed by atoms with Crippen molar-refractivity contribution < 1.29 is 27.9 Å². The van der Waals surface area contributed by atoms with Crippen LogP contribution < -0.4 is 10.5 Å². The number of nitrogens with two attached hydrogens (primary N) is 1. The van der Waals surface area contributed by atoms with E-state index in [2.05, 4.69) is 10.5 Å². The molecule has 0 saturated heterocycles. The zero-order valence-corrected chi connectivity index (χ0v) is 15.0. The fourth-order valence-electron chi connectivity index (χ4n) is 1.50. The van der Waals surface area contributed by atoms with Crippen LogP contribution in [0.1, 0.15) is 26.3 Å². The predicted octanol–water partition coefficient (Wildman–Crippen LogP) is 1.11. The first kappa shape index (κ1) is 21.9. The summed E-state index contributed by atoms with van der Waals surface area (Å²) in [6, 6.07) is 8.11. The molecule has 136 valence electrons. The van der Waals surface area contributed by atoms with Gasteiger partial charge in [-0.05, 0) is 26.3 Å². The van der Waals surface area contributed by atoms with Crippen LogP contribution in [0.4, 0.5) is 4.79 Å². The number of rotatable bonds is 4. The summed E-state index contributed by atoms with van der Waals surface area (Å²) in [4.78, 5) is 22.7. The summed E-state index contributed by atoms with van der Waals surface area (Å²) in [6.45, 7) is 5.17. The normalized spacial score (nSPS) is 12.4. The molecular weight excluding hydrogens is 336 g/mol. The zero-order valence-electron chi connectivity index (χ0n) is 14.1. The number of sulfonamides is 1. The minimum atomic E-state index is -3.17. The van der Waals surface area contributed by atoms with Gasteiger partial charge in [0.15, 0.2) is 0 Å². The van der Waals surface area contributed by atoms with Gasteiger partial charge < -0.3 is 15.2 Å². The molecule has 0 unspecified atom stereocenters. The van der Waals surface area contributed by atoms with Crippen molar-refractivity contribution in [3.05, 3.63) is 35.9 Å². The highest BCUT2D eigenvalue weighted by Gasteiger charge is 2.23. The first-order chi connectivity index (χ1) is 10.8. The standard InChI is InChI=1S/C14H19NO4.CH5NO2S/c1-14(2,3)19-13(18)15-11(12(16)17)9-10-7-5-4-6-8-10;1-5(2,3)4/h4-8,11H,9H2,1-3H3,(H,15,18)(H,16,17);1H3,(H2,2,3,4)/t11-;/m1./s1. The first-order valence-electron chi connectivity index (χ1n) is 7.02. The van der Waals surface area contributed by atoms with Crippen molar-refractivity contribution in [2.24, 2.45) is 5.14 Å². The van der Waals surface area contributed by atoms with Crippen molar-refractivity contribution in [1.82, 2.24) is 5.32 Å². The maximum atomic E-state index is 11.6. The average molecular weight is 360 g/mol. The topological polar surface area (TPSA) is 136 Å². The van der Waals surface area contributed by atoms with Gasteiger partial charge in [0, 0.05) is 6.42 Å². The van der Waals surface area contributed by atoms with E-state index in [4.69, 9.17) is 9.84 Å². The van der Waals surface area contributed by atoms with Gasteiger partial charge in [-0.2, -0.15) is 0 Å². The minimum absolute atomic E-state index is 0.218. The van der Waals surface area contributed by atoms with Crippen LogP contribution in [-0.4, -0.2) is 43.5 Å². The predicted molar refractivity (Wildman–Crippen MR) is 90.0 cm³/mol. The van der Waals surface area contributed by atoms with E-state index in [0.29, 0.717) is 0 Å². The highest BCUT2D eigenvalue weighted by Crippen LogP contribution is 2.08. The Morgan fingerprint density at radius 2 is 1.71 bits per heavy atom. The number of nitrogens with one attached hydrogen (secondary N) is 1. The van der Waals surface area contributed by atoms with Gasteiger partial charge in [-0.15, -0.1) is 0 Å². The van der Waals surface area contributed by atoms with Gasteiger partial charge in [0.2, 0.25) is 10.0 Å². The summed E-state index contributed by atoms with van der Waals surface area (Å²) in [5.74, 6) is -1.09. The molecule has 1 aromatic rings. The molecule has 0 spiro atoms. The monoisotopic (exact) mass is 360 g/mol. The molecule has 1 aromatic carbocycles. The zero-order chi connectivity index (χ0) is 19.0. The van der Waals surface area contributed by atoms with Crippen LogP contribution in [0.5, 0.6) is 0 Å². The van der Waals surface area contributed by atoms with E-state index in [1.165, 1.54) is 0 Å². The Hall–Kier alpha value is -2.13. The summed E-state index contributed by atoms with van der Waals surface area (Å²) in [7, 11) is -3.17. The number of benzene rings is 1. The molecule has 8 nitrogen and oxygen atoms in total. The quantitative estimate of drug-likeness (QED) is 0.736. The van der Waals surface area contributed by atoms with Gasteiger partial charge in [0.05, 0.1) is 6.26 Å². The molecule has 0 aliphatic carbocycles. The molecule has 9 heteroatoms. The third-order valence-electron chi connectivity index (χ3n) is 2.27. The van der Waals surface area contributed by atoms with E-state index in [1.807, 2.05) is 30.3 Å². The number of aliphatic carboxylic acids is 1. The summed E-state index contributed by atoms with van der Waals surface area (Å²) in [6.07, 6.45) is 0.429. The molecule has 0 aliphatic rings. The van der Waals surface area contributed by atoms with Crippen LogP contribution in [-0.2, 0) is 26.0 Å². The molecule has 1 atom stereocenters. The Kier molecular flexibility index (Phi) is 8.42. The number of carboxylic acid groups (broad SMARTS) is 1. The second kappa shape index (κ2) is 9.24. The fourth-order valence-corrected chi connectivity index (χ4v) is 1.50. The van der Waals surface area contributed by atoms with Crippen LogP contribution >= 0.6 is 0 Å². The maximum Gasteiger partial charge on any atom is 0.408 e. The molecule has 0 bridgehead atoms. The molecule has 4 N–H and O–H groups in total. The van der Waals surface area contributed by atoms with Crippen LogP contribution in [0.15, 0.2) is 30.3 Å². The molecule has 0 fully saturated rings. The summed E-state index contributed by atoms with van der Waals surface area (Å²) in [5.41, 5.74) is 0.186. The second-order valence-electron chi connectivity index (χ2n) is 6.06. The van der Waals surface area contributed by atoms with E-state index in [-0.39, 0.29) is 6.42 Å². The molecule has 0 heterocycles. The highest BCUT2D eigenvalue weighted by molar-refractivity contribution is 7.88. The van der Waals surface area contributed by atoms with Crippen molar-refractivity contribution in [1.29, 1.82) is 0 Å². The third kappa shape index (κ3) is 13.5. The lowest BCUT2D eigenvalue weighted by Gasteiger charge is -2.22. The molecule has 0 aliphatic heterocycles. The van der Waals surface area contributed by atoms with Crippen LogP contribution in [0.2, 0.25) is 0 Å². The van der Waals surface area contributed by atoms with Crippen molar-refractivity contribution in [3.8, 4) is 0 Å². The number of carbonyl (C=O) groups excluding carboxylic acids is 1. The van der Waals surface area contributed by atoms with Crippen molar-refractivity contribution in [2.75, 3.05) is 6.26 Å². The minimum Gasteiger partial charge on any atom is -0.480 e. The summed E-state index contributed by atoms with van der Waals surface area (Å²) < 4.78 is 23.9. The molecule has 1 rings (SSSR count). The number of primary sulfonamides is 1. The van der Waals surface area contributed by atoms with E-state index in [0.717, 1.165) is 11.8 Å². The number of ether oxygens (including phenoxy) is 1. The van der Waals surface area contributed by atoms with Gasteiger partial charge >= 0.3 is 12.1 Å².